The van der Waals surface area contributed by atoms with E-state index in [4.69, 9.17) is 27.9 Å². The molecule has 1 unspecified atom stereocenters. The molecule has 1 amide bonds. The van der Waals surface area contributed by atoms with E-state index in [1.54, 1.807) is 65.3 Å². The lowest BCUT2D eigenvalue weighted by molar-refractivity contribution is -0.139. The summed E-state index contributed by atoms with van der Waals surface area (Å²) in [6.07, 6.45) is 3.48. The van der Waals surface area contributed by atoms with Crippen LogP contribution in [0.1, 0.15) is 21.6 Å². The number of pyridine rings is 1. The molecule has 0 saturated carbocycles. The van der Waals surface area contributed by atoms with Crippen molar-refractivity contribution >= 4 is 40.7 Å². The highest BCUT2D eigenvalue weighted by atomic mass is 35.5. The van der Waals surface area contributed by atoms with Gasteiger partial charge in [0.05, 0.1) is 0 Å². The number of fused-ring (bicyclic) bond motifs is 1. The van der Waals surface area contributed by atoms with Crippen molar-refractivity contribution < 1.29 is 19.4 Å². The van der Waals surface area contributed by atoms with Crippen molar-refractivity contribution in [2.24, 2.45) is 0 Å². The molecule has 0 bridgehead atoms. The highest BCUT2D eigenvalue weighted by Gasteiger charge is 2.23. The molecule has 7 nitrogen and oxygen atoms in total. The van der Waals surface area contributed by atoms with Crippen molar-refractivity contribution in [1.29, 1.82) is 0 Å². The van der Waals surface area contributed by atoms with Crippen LogP contribution in [0.15, 0.2) is 97.3 Å². The van der Waals surface area contributed by atoms with Gasteiger partial charge in [0, 0.05) is 28.9 Å². The molecular weight excluding hydrogens is 537 g/mol. The minimum atomic E-state index is -1.14. The number of benzene rings is 3. The molecule has 0 radical (unpaired) electrons. The van der Waals surface area contributed by atoms with Crippen molar-refractivity contribution in [2.45, 2.75) is 19.1 Å². The zero-order valence-electron chi connectivity index (χ0n) is 20.6. The van der Waals surface area contributed by atoms with Crippen LogP contribution in [-0.2, 0) is 17.8 Å². The number of carbonyl (C=O) groups is 2. The number of aliphatic carboxylic acids is 1. The standard InChI is InChI=1S/C30H23Cl2N3O4/c31-23-7-1-20(2-8-23)18-39-25-11-3-19(4-12-25)15-26(30(37)38)34-29(36)27-17-35-14-13-22(16-28(35)33-27)21-5-9-24(32)10-6-21/h1-14,16-17,26H,15,18H2,(H,34,36)(H,37,38). The van der Waals surface area contributed by atoms with Crippen LogP contribution in [0.3, 0.4) is 0 Å². The number of imidazole rings is 1. The molecule has 9 heteroatoms. The summed E-state index contributed by atoms with van der Waals surface area (Å²) in [7, 11) is 0. The van der Waals surface area contributed by atoms with E-state index in [1.807, 2.05) is 36.4 Å². The van der Waals surface area contributed by atoms with E-state index in [0.717, 1.165) is 22.3 Å². The topological polar surface area (TPSA) is 92.9 Å². The monoisotopic (exact) mass is 559 g/mol. The van der Waals surface area contributed by atoms with Crippen LogP contribution in [0.4, 0.5) is 0 Å². The number of amides is 1. The molecule has 0 saturated heterocycles. The number of rotatable bonds is 9. The van der Waals surface area contributed by atoms with E-state index >= 15 is 0 Å². The van der Waals surface area contributed by atoms with Crippen molar-refractivity contribution in [3.63, 3.8) is 0 Å². The predicted molar refractivity (Wildman–Crippen MR) is 150 cm³/mol. The maximum absolute atomic E-state index is 12.9. The Morgan fingerprint density at radius 2 is 1.51 bits per heavy atom. The van der Waals surface area contributed by atoms with Gasteiger partial charge in [0.1, 0.15) is 29.7 Å². The molecule has 39 heavy (non-hydrogen) atoms. The lowest BCUT2D eigenvalue weighted by atomic mass is 10.1. The van der Waals surface area contributed by atoms with Gasteiger partial charge in [0.15, 0.2) is 0 Å². The SMILES string of the molecule is O=C(NC(Cc1ccc(OCc2ccc(Cl)cc2)cc1)C(=O)O)c1cn2ccc(-c3ccc(Cl)cc3)cc2n1. The number of halogens is 2. The Hall–Kier alpha value is -4.33. The summed E-state index contributed by atoms with van der Waals surface area (Å²) in [4.78, 5) is 29.3. The number of hydrogen-bond donors (Lipinski definition) is 2. The quantitative estimate of drug-likeness (QED) is 0.220. The van der Waals surface area contributed by atoms with Gasteiger partial charge < -0.3 is 19.6 Å². The zero-order valence-corrected chi connectivity index (χ0v) is 22.1. The second kappa shape index (κ2) is 11.6. The minimum Gasteiger partial charge on any atom is -0.489 e. The lowest BCUT2D eigenvalue weighted by Gasteiger charge is -2.14. The number of nitrogens with one attached hydrogen (secondary N) is 1. The van der Waals surface area contributed by atoms with Crippen LogP contribution >= 0.6 is 23.2 Å². The van der Waals surface area contributed by atoms with Gasteiger partial charge in [-0.2, -0.15) is 0 Å². The number of carboxylic acid groups (broad SMARTS) is 1. The smallest absolute Gasteiger partial charge is 0.326 e. The molecule has 0 aliphatic rings. The molecule has 0 aliphatic heterocycles. The fraction of sp³-hybridized carbons (Fsp3) is 0.100. The molecule has 2 aromatic heterocycles. The summed E-state index contributed by atoms with van der Waals surface area (Å²) in [5, 5.41) is 13.6. The summed E-state index contributed by atoms with van der Waals surface area (Å²) < 4.78 is 7.50. The predicted octanol–water partition coefficient (Wildman–Crippen LogP) is 6.31. The third-order valence-electron chi connectivity index (χ3n) is 6.16. The Bertz CT molecular complexity index is 1620. The van der Waals surface area contributed by atoms with Gasteiger partial charge in [-0.1, -0.05) is 59.6 Å². The Morgan fingerprint density at radius 3 is 2.18 bits per heavy atom. The van der Waals surface area contributed by atoms with E-state index in [0.29, 0.717) is 28.0 Å². The van der Waals surface area contributed by atoms with Crippen LogP contribution < -0.4 is 10.1 Å². The molecule has 5 rings (SSSR count). The zero-order chi connectivity index (χ0) is 27.4. The van der Waals surface area contributed by atoms with Crippen LogP contribution in [0.2, 0.25) is 10.0 Å². The highest BCUT2D eigenvalue weighted by molar-refractivity contribution is 6.30. The molecule has 0 fully saturated rings. The van der Waals surface area contributed by atoms with Gasteiger partial charge in [-0.15, -0.1) is 0 Å². The molecular formula is C30H23Cl2N3O4. The molecule has 5 aromatic rings. The van der Waals surface area contributed by atoms with Crippen molar-refractivity contribution in [1.82, 2.24) is 14.7 Å². The van der Waals surface area contributed by atoms with Crippen molar-refractivity contribution in [3.05, 3.63) is 124 Å². The number of aromatic nitrogens is 2. The molecule has 2 N–H and O–H groups in total. The van der Waals surface area contributed by atoms with Crippen molar-refractivity contribution in [3.8, 4) is 16.9 Å². The number of carbonyl (C=O) groups excluding carboxylic acids is 1. The lowest BCUT2D eigenvalue weighted by Crippen LogP contribution is -2.42. The number of ether oxygens (including phenoxy) is 1. The van der Waals surface area contributed by atoms with Crippen molar-refractivity contribution in [2.75, 3.05) is 0 Å². The molecule has 0 spiro atoms. The van der Waals surface area contributed by atoms with Gasteiger partial charge in [0.2, 0.25) is 0 Å². The van der Waals surface area contributed by atoms with Gasteiger partial charge >= 0.3 is 5.97 Å². The van der Waals surface area contributed by atoms with Gasteiger partial charge in [-0.3, -0.25) is 4.79 Å². The van der Waals surface area contributed by atoms with Crippen LogP contribution in [-0.4, -0.2) is 32.4 Å². The van der Waals surface area contributed by atoms with Crippen LogP contribution in [0.5, 0.6) is 5.75 Å². The normalized spacial score (nSPS) is 11.7. The van der Waals surface area contributed by atoms with E-state index in [2.05, 4.69) is 10.3 Å². The van der Waals surface area contributed by atoms with Gasteiger partial charge in [-0.25, -0.2) is 9.78 Å². The number of hydrogen-bond acceptors (Lipinski definition) is 4. The van der Waals surface area contributed by atoms with E-state index in [9.17, 15) is 14.7 Å². The average molecular weight is 560 g/mol. The number of nitrogens with zero attached hydrogens (tertiary/aromatic N) is 2. The number of carboxylic acids is 1. The summed E-state index contributed by atoms with van der Waals surface area (Å²) in [6, 6.07) is 24.5. The van der Waals surface area contributed by atoms with E-state index in [-0.39, 0.29) is 12.1 Å². The third-order valence-corrected chi connectivity index (χ3v) is 6.66. The second-order valence-corrected chi connectivity index (χ2v) is 9.81. The second-order valence-electron chi connectivity index (χ2n) is 8.94. The Morgan fingerprint density at radius 1 is 0.872 bits per heavy atom. The Labute approximate surface area is 234 Å². The fourth-order valence-electron chi connectivity index (χ4n) is 4.05. The third kappa shape index (κ3) is 6.57. The average Bonchev–Trinajstić information content (AvgIpc) is 3.37. The molecule has 1 atom stereocenters. The fourth-order valence-corrected chi connectivity index (χ4v) is 4.30. The molecule has 196 valence electrons. The first-order valence-electron chi connectivity index (χ1n) is 12.1. The largest absolute Gasteiger partial charge is 0.489 e. The molecule has 0 aliphatic carbocycles. The van der Waals surface area contributed by atoms with Gasteiger partial charge in [0.25, 0.3) is 5.91 Å². The maximum Gasteiger partial charge on any atom is 0.326 e. The summed E-state index contributed by atoms with van der Waals surface area (Å²) in [5.41, 5.74) is 4.28. The first kappa shape index (κ1) is 26.3. The first-order valence-corrected chi connectivity index (χ1v) is 12.8. The highest BCUT2D eigenvalue weighted by Crippen LogP contribution is 2.23. The van der Waals surface area contributed by atoms with E-state index < -0.39 is 17.9 Å². The summed E-state index contributed by atoms with van der Waals surface area (Å²) in [6.45, 7) is 0.379. The van der Waals surface area contributed by atoms with Gasteiger partial charge in [-0.05, 0) is 70.8 Å². The van der Waals surface area contributed by atoms with Crippen LogP contribution in [0, 0.1) is 0 Å². The Balaban J connectivity index is 1.23. The van der Waals surface area contributed by atoms with E-state index in [1.165, 1.54) is 0 Å². The first-order chi connectivity index (χ1) is 18.8. The summed E-state index contributed by atoms with van der Waals surface area (Å²) >= 11 is 11.9. The Kier molecular flexibility index (Phi) is 7.81. The van der Waals surface area contributed by atoms with Crippen LogP contribution in [0.25, 0.3) is 16.8 Å². The summed E-state index contributed by atoms with van der Waals surface area (Å²) in [5.74, 6) is -1.06. The minimum absolute atomic E-state index is 0.104. The molecule has 3 aromatic carbocycles. The maximum atomic E-state index is 12.9. The molecule has 2 heterocycles.